The first-order valence-electron chi connectivity index (χ1n) is 7.12. The normalized spacial score (nSPS) is 19.1. The van der Waals surface area contributed by atoms with Crippen LogP contribution in [0, 0.1) is 0 Å². The lowest BCUT2D eigenvalue weighted by Crippen LogP contribution is -2.33. The molecule has 2 aromatic rings. The maximum Gasteiger partial charge on any atom is 0.136 e. The molecule has 0 saturated heterocycles. The minimum Gasteiger partial charge on any atom is -0.399 e. The molecule has 2 aliphatic rings. The number of fused-ring (bicyclic) bond motifs is 6. The zero-order valence-electron chi connectivity index (χ0n) is 11.5. The minimum absolute atomic E-state index is 0.390. The van der Waals surface area contributed by atoms with Crippen molar-refractivity contribution >= 4 is 17.2 Å². The standard InChI is InChI=1S/C17H17N3/c1-2-12-10-20-16-8-7-11(18)9-15(16)13-5-3-4-6-14(13)17(20)19-12/h3-9,12H,2,10,18H2,1H3. The summed E-state index contributed by atoms with van der Waals surface area (Å²) in [7, 11) is 0. The SMILES string of the molecule is CCC1CN2C(=N1)c1ccccc1-c1cc(N)ccc12. The summed E-state index contributed by atoms with van der Waals surface area (Å²) in [6.45, 7) is 3.17. The number of hydrogen-bond acceptors (Lipinski definition) is 3. The van der Waals surface area contributed by atoms with E-state index in [1.54, 1.807) is 0 Å². The minimum atomic E-state index is 0.390. The number of hydrogen-bond donors (Lipinski definition) is 1. The van der Waals surface area contributed by atoms with Crippen LogP contribution in [0.4, 0.5) is 11.4 Å². The molecule has 1 unspecified atom stereocenters. The van der Waals surface area contributed by atoms with Crippen LogP contribution in [0.2, 0.25) is 0 Å². The van der Waals surface area contributed by atoms with Gasteiger partial charge in [0.05, 0.1) is 11.7 Å². The van der Waals surface area contributed by atoms with Crippen molar-refractivity contribution in [2.24, 2.45) is 4.99 Å². The van der Waals surface area contributed by atoms with Gasteiger partial charge in [-0.15, -0.1) is 0 Å². The number of aliphatic imine (C=N–C) groups is 1. The van der Waals surface area contributed by atoms with Crippen LogP contribution in [0.3, 0.4) is 0 Å². The van der Waals surface area contributed by atoms with Gasteiger partial charge in [0.1, 0.15) is 5.84 Å². The first kappa shape index (κ1) is 11.5. The highest BCUT2D eigenvalue weighted by molar-refractivity contribution is 6.20. The van der Waals surface area contributed by atoms with Crippen LogP contribution in [-0.4, -0.2) is 18.4 Å². The van der Waals surface area contributed by atoms with Crippen LogP contribution >= 0.6 is 0 Å². The van der Waals surface area contributed by atoms with Crippen molar-refractivity contribution in [3.8, 4) is 11.1 Å². The highest BCUT2D eigenvalue weighted by Crippen LogP contribution is 2.42. The van der Waals surface area contributed by atoms with Crippen molar-refractivity contribution in [2.45, 2.75) is 19.4 Å². The van der Waals surface area contributed by atoms with Gasteiger partial charge in [-0.2, -0.15) is 0 Å². The summed E-state index contributed by atoms with van der Waals surface area (Å²) < 4.78 is 0. The molecule has 2 aliphatic heterocycles. The number of anilines is 2. The van der Waals surface area contributed by atoms with Crippen LogP contribution in [0.1, 0.15) is 18.9 Å². The van der Waals surface area contributed by atoms with Gasteiger partial charge in [0.15, 0.2) is 0 Å². The molecule has 2 heterocycles. The molecule has 3 heteroatoms. The van der Waals surface area contributed by atoms with E-state index in [0.717, 1.165) is 24.5 Å². The zero-order valence-corrected chi connectivity index (χ0v) is 11.5. The predicted molar refractivity (Wildman–Crippen MR) is 84.3 cm³/mol. The first-order valence-corrected chi connectivity index (χ1v) is 7.12. The van der Waals surface area contributed by atoms with Gasteiger partial charge in [0.2, 0.25) is 0 Å². The van der Waals surface area contributed by atoms with Crippen LogP contribution in [0.15, 0.2) is 47.5 Å². The molecule has 0 radical (unpaired) electrons. The van der Waals surface area contributed by atoms with E-state index in [2.05, 4.69) is 48.2 Å². The van der Waals surface area contributed by atoms with E-state index in [1.165, 1.54) is 22.4 Å². The van der Waals surface area contributed by atoms with Gasteiger partial charge in [0.25, 0.3) is 0 Å². The molecule has 3 nitrogen and oxygen atoms in total. The van der Waals surface area contributed by atoms with E-state index in [0.29, 0.717) is 6.04 Å². The van der Waals surface area contributed by atoms with Gasteiger partial charge in [-0.3, -0.25) is 4.99 Å². The molecular formula is C17H17N3. The van der Waals surface area contributed by atoms with Crippen molar-refractivity contribution in [1.82, 2.24) is 0 Å². The van der Waals surface area contributed by atoms with E-state index < -0.39 is 0 Å². The topological polar surface area (TPSA) is 41.6 Å². The number of nitrogens with zero attached hydrogens (tertiary/aromatic N) is 2. The van der Waals surface area contributed by atoms with E-state index in [-0.39, 0.29) is 0 Å². The van der Waals surface area contributed by atoms with Crippen molar-refractivity contribution in [1.29, 1.82) is 0 Å². The van der Waals surface area contributed by atoms with Crippen molar-refractivity contribution in [2.75, 3.05) is 17.2 Å². The van der Waals surface area contributed by atoms with Gasteiger partial charge < -0.3 is 10.6 Å². The lowest BCUT2D eigenvalue weighted by Gasteiger charge is -2.30. The van der Waals surface area contributed by atoms with Crippen LogP contribution in [0.25, 0.3) is 11.1 Å². The Kier molecular flexibility index (Phi) is 2.36. The fourth-order valence-electron chi connectivity index (χ4n) is 3.15. The van der Waals surface area contributed by atoms with Gasteiger partial charge in [0, 0.05) is 23.4 Å². The molecule has 1 atom stereocenters. The molecule has 0 spiro atoms. The first-order chi connectivity index (χ1) is 9.78. The summed E-state index contributed by atoms with van der Waals surface area (Å²) in [6.07, 6.45) is 1.08. The Morgan fingerprint density at radius 1 is 1.15 bits per heavy atom. The number of amidine groups is 1. The largest absolute Gasteiger partial charge is 0.399 e. The maximum atomic E-state index is 5.98. The van der Waals surface area contributed by atoms with E-state index in [1.807, 2.05) is 6.07 Å². The van der Waals surface area contributed by atoms with E-state index in [9.17, 15) is 0 Å². The average Bonchev–Trinajstić information content (AvgIpc) is 2.92. The lowest BCUT2D eigenvalue weighted by atomic mass is 9.92. The number of nitrogen functional groups attached to an aromatic ring is 1. The Morgan fingerprint density at radius 2 is 1.95 bits per heavy atom. The van der Waals surface area contributed by atoms with Gasteiger partial charge in [-0.05, 0) is 30.2 Å². The van der Waals surface area contributed by atoms with Crippen LogP contribution < -0.4 is 10.6 Å². The average molecular weight is 263 g/mol. The van der Waals surface area contributed by atoms with Gasteiger partial charge in [-0.25, -0.2) is 0 Å². The lowest BCUT2D eigenvalue weighted by molar-refractivity contribution is 0.693. The molecule has 100 valence electrons. The molecule has 0 amide bonds. The summed E-state index contributed by atoms with van der Waals surface area (Å²) in [6, 6.07) is 15.0. The summed E-state index contributed by atoms with van der Waals surface area (Å²) in [4.78, 5) is 7.24. The third-order valence-corrected chi connectivity index (χ3v) is 4.19. The second kappa shape index (κ2) is 4.10. The molecule has 2 N–H and O–H groups in total. The third-order valence-electron chi connectivity index (χ3n) is 4.19. The molecule has 0 aliphatic carbocycles. The monoisotopic (exact) mass is 263 g/mol. The van der Waals surface area contributed by atoms with Crippen molar-refractivity contribution in [3.63, 3.8) is 0 Å². The Bertz CT molecular complexity index is 718. The number of rotatable bonds is 1. The summed E-state index contributed by atoms with van der Waals surface area (Å²) in [5.74, 6) is 1.12. The molecule has 20 heavy (non-hydrogen) atoms. The van der Waals surface area contributed by atoms with Crippen LogP contribution in [0.5, 0.6) is 0 Å². The highest BCUT2D eigenvalue weighted by Gasteiger charge is 2.33. The van der Waals surface area contributed by atoms with Crippen molar-refractivity contribution < 1.29 is 0 Å². The second-order valence-corrected chi connectivity index (χ2v) is 5.45. The van der Waals surface area contributed by atoms with Crippen molar-refractivity contribution in [3.05, 3.63) is 48.0 Å². The number of nitrogens with two attached hydrogens (primary N) is 1. The number of benzene rings is 2. The molecule has 0 saturated carbocycles. The Labute approximate surface area is 118 Å². The quantitative estimate of drug-likeness (QED) is 0.802. The predicted octanol–water partition coefficient (Wildman–Crippen LogP) is 3.29. The third kappa shape index (κ3) is 1.49. The van der Waals surface area contributed by atoms with Gasteiger partial charge in [-0.1, -0.05) is 31.2 Å². The fraction of sp³-hybridized carbons (Fsp3) is 0.235. The van der Waals surface area contributed by atoms with Gasteiger partial charge >= 0.3 is 0 Å². The Hall–Kier alpha value is -2.29. The molecular weight excluding hydrogens is 246 g/mol. The Balaban J connectivity index is 2.00. The van der Waals surface area contributed by atoms with E-state index >= 15 is 0 Å². The summed E-state index contributed by atoms with van der Waals surface area (Å²) in [5.41, 5.74) is 11.7. The highest BCUT2D eigenvalue weighted by atomic mass is 15.3. The Morgan fingerprint density at radius 3 is 2.75 bits per heavy atom. The molecule has 4 rings (SSSR count). The van der Waals surface area contributed by atoms with Crippen LogP contribution in [-0.2, 0) is 0 Å². The molecule has 0 bridgehead atoms. The summed E-state index contributed by atoms with van der Waals surface area (Å²) >= 11 is 0. The second-order valence-electron chi connectivity index (χ2n) is 5.45. The molecule has 0 fully saturated rings. The molecule has 0 aromatic heterocycles. The smallest absolute Gasteiger partial charge is 0.136 e. The summed E-state index contributed by atoms with van der Waals surface area (Å²) in [5, 5.41) is 0. The molecule has 2 aromatic carbocycles. The van der Waals surface area contributed by atoms with E-state index in [4.69, 9.17) is 10.7 Å². The fourth-order valence-corrected chi connectivity index (χ4v) is 3.15. The zero-order chi connectivity index (χ0) is 13.7. The maximum absolute atomic E-state index is 5.98.